The molecule has 0 saturated carbocycles. The van der Waals surface area contributed by atoms with Crippen molar-refractivity contribution in [1.29, 1.82) is 0 Å². The van der Waals surface area contributed by atoms with Crippen molar-refractivity contribution >= 4 is 21.6 Å². The van der Waals surface area contributed by atoms with E-state index in [1.165, 1.54) is 39.5 Å². The maximum absolute atomic E-state index is 13.2. The predicted molar refractivity (Wildman–Crippen MR) is 137 cm³/mol. The molecule has 0 bridgehead atoms. The summed E-state index contributed by atoms with van der Waals surface area (Å²) in [5.41, 5.74) is 1.63. The van der Waals surface area contributed by atoms with E-state index in [0.717, 1.165) is 9.87 Å². The van der Waals surface area contributed by atoms with Gasteiger partial charge in [0.25, 0.3) is 15.9 Å². The number of carbonyl (C=O) groups is 1. The lowest BCUT2D eigenvalue weighted by atomic mass is 10.1. The van der Waals surface area contributed by atoms with Gasteiger partial charge >= 0.3 is 0 Å². The molecule has 0 aliphatic rings. The van der Waals surface area contributed by atoms with Crippen LogP contribution in [0.1, 0.15) is 28.9 Å². The summed E-state index contributed by atoms with van der Waals surface area (Å²) in [4.78, 5) is 12.9. The number of rotatable bonds is 10. The number of anilines is 1. The van der Waals surface area contributed by atoms with E-state index in [9.17, 15) is 13.2 Å². The zero-order chi connectivity index (χ0) is 26.5. The van der Waals surface area contributed by atoms with Crippen LogP contribution in [-0.4, -0.2) is 49.8 Å². The van der Waals surface area contributed by atoms with Gasteiger partial charge in [0, 0.05) is 18.7 Å². The Labute approximate surface area is 211 Å². The van der Waals surface area contributed by atoms with E-state index in [1.54, 1.807) is 50.6 Å². The van der Waals surface area contributed by atoms with Crippen LogP contribution in [0.5, 0.6) is 23.0 Å². The summed E-state index contributed by atoms with van der Waals surface area (Å²) in [5, 5.41) is 2.94. The molecule has 0 saturated heterocycles. The third kappa shape index (κ3) is 5.49. The van der Waals surface area contributed by atoms with E-state index in [0.29, 0.717) is 34.2 Å². The van der Waals surface area contributed by atoms with E-state index in [4.69, 9.17) is 18.9 Å². The number of nitrogens with one attached hydrogen (secondary N) is 1. The Morgan fingerprint density at radius 3 is 1.86 bits per heavy atom. The second-order valence-electron chi connectivity index (χ2n) is 7.85. The molecule has 1 atom stereocenters. The summed E-state index contributed by atoms with van der Waals surface area (Å²) in [7, 11) is 3.59. The minimum atomic E-state index is -3.88. The van der Waals surface area contributed by atoms with Crippen LogP contribution in [-0.2, 0) is 10.0 Å². The van der Waals surface area contributed by atoms with Crippen molar-refractivity contribution in [3.63, 3.8) is 0 Å². The Bertz CT molecular complexity index is 1320. The molecule has 36 heavy (non-hydrogen) atoms. The molecule has 0 heterocycles. The summed E-state index contributed by atoms with van der Waals surface area (Å²) < 4.78 is 48.4. The van der Waals surface area contributed by atoms with Crippen LogP contribution in [0.2, 0.25) is 0 Å². The van der Waals surface area contributed by atoms with E-state index in [1.807, 2.05) is 13.0 Å². The van der Waals surface area contributed by atoms with Gasteiger partial charge in [0.2, 0.25) is 0 Å². The van der Waals surface area contributed by atoms with E-state index < -0.39 is 10.0 Å². The fourth-order valence-electron chi connectivity index (χ4n) is 3.58. The molecule has 0 aliphatic carbocycles. The third-order valence-corrected chi connectivity index (χ3v) is 7.54. The largest absolute Gasteiger partial charge is 0.493 e. The van der Waals surface area contributed by atoms with Crippen LogP contribution in [0.15, 0.2) is 65.6 Å². The lowest BCUT2D eigenvalue weighted by Gasteiger charge is -2.21. The minimum absolute atomic E-state index is 0.0493. The third-order valence-electron chi connectivity index (χ3n) is 5.76. The number of methoxy groups -OCH3 is 4. The molecular weight excluding hydrogens is 484 g/mol. The normalized spacial score (nSPS) is 11.8. The van der Waals surface area contributed by atoms with Crippen molar-refractivity contribution in [3.05, 3.63) is 71.8 Å². The molecule has 3 aromatic carbocycles. The topological polar surface area (TPSA) is 103 Å². The fraction of sp³-hybridized carbons (Fsp3) is 0.269. The molecule has 192 valence electrons. The van der Waals surface area contributed by atoms with Gasteiger partial charge in [0.15, 0.2) is 23.0 Å². The molecule has 10 heteroatoms. The van der Waals surface area contributed by atoms with Crippen molar-refractivity contribution in [2.45, 2.75) is 17.9 Å². The van der Waals surface area contributed by atoms with Crippen molar-refractivity contribution in [2.24, 2.45) is 0 Å². The van der Waals surface area contributed by atoms with Crippen molar-refractivity contribution in [2.75, 3.05) is 39.8 Å². The van der Waals surface area contributed by atoms with Gasteiger partial charge in [-0.3, -0.25) is 9.10 Å². The first kappa shape index (κ1) is 26.7. The van der Waals surface area contributed by atoms with Gasteiger partial charge in [-0.2, -0.15) is 0 Å². The first-order valence-corrected chi connectivity index (χ1v) is 12.4. The van der Waals surface area contributed by atoms with Crippen LogP contribution in [0.25, 0.3) is 0 Å². The Balaban J connectivity index is 1.75. The highest BCUT2D eigenvalue weighted by atomic mass is 32.2. The molecule has 1 amide bonds. The number of amides is 1. The summed E-state index contributed by atoms with van der Waals surface area (Å²) >= 11 is 0. The zero-order valence-electron chi connectivity index (χ0n) is 21.1. The number of hydrogen-bond donors (Lipinski definition) is 1. The number of ether oxygens (including phenoxy) is 4. The molecule has 9 nitrogen and oxygen atoms in total. The number of nitrogens with zero attached hydrogens (tertiary/aromatic N) is 1. The maximum atomic E-state index is 13.2. The van der Waals surface area contributed by atoms with Crippen LogP contribution in [0, 0.1) is 0 Å². The molecule has 1 unspecified atom stereocenters. The van der Waals surface area contributed by atoms with Gasteiger partial charge in [-0.15, -0.1) is 0 Å². The van der Waals surface area contributed by atoms with Crippen molar-refractivity contribution in [1.82, 2.24) is 5.32 Å². The molecule has 3 rings (SSSR count). The standard InChI is InChI=1S/C26H30N2O7S/c1-17(19-9-13-22(32-3)24(15-19)34-5)27-26(29)18-7-10-20(11-8-18)28(2)36(30,31)21-12-14-23(33-4)25(16-21)35-6/h7-17H,1-6H3,(H,27,29). The smallest absolute Gasteiger partial charge is 0.264 e. The predicted octanol–water partition coefficient (Wildman–Crippen LogP) is 4.04. The summed E-state index contributed by atoms with van der Waals surface area (Å²) in [6.45, 7) is 1.86. The average Bonchev–Trinajstić information content (AvgIpc) is 2.91. The number of hydrogen-bond acceptors (Lipinski definition) is 7. The Morgan fingerprint density at radius 1 is 0.778 bits per heavy atom. The van der Waals surface area contributed by atoms with Crippen molar-refractivity contribution in [3.8, 4) is 23.0 Å². The van der Waals surface area contributed by atoms with Gasteiger partial charge in [-0.05, 0) is 61.0 Å². The number of benzene rings is 3. The summed E-state index contributed by atoms with van der Waals surface area (Å²) in [6, 6.07) is 15.8. The van der Waals surface area contributed by atoms with Gasteiger partial charge in [0.05, 0.1) is 45.1 Å². The zero-order valence-corrected chi connectivity index (χ0v) is 21.9. The van der Waals surface area contributed by atoms with Gasteiger partial charge in [-0.1, -0.05) is 6.07 Å². The van der Waals surface area contributed by atoms with Gasteiger partial charge in [0.1, 0.15) is 0 Å². The second kappa shape index (κ2) is 11.2. The highest BCUT2D eigenvalue weighted by Gasteiger charge is 2.23. The molecule has 0 spiro atoms. The molecular formula is C26H30N2O7S. The molecule has 0 fully saturated rings. The molecule has 0 radical (unpaired) electrons. The van der Waals surface area contributed by atoms with Gasteiger partial charge < -0.3 is 24.3 Å². The minimum Gasteiger partial charge on any atom is -0.493 e. The molecule has 0 aromatic heterocycles. The lowest BCUT2D eigenvalue weighted by Crippen LogP contribution is -2.28. The van der Waals surface area contributed by atoms with Crippen molar-refractivity contribution < 1.29 is 32.2 Å². The molecule has 3 aromatic rings. The number of carbonyl (C=O) groups excluding carboxylic acids is 1. The Hall–Kier alpha value is -3.92. The first-order valence-electron chi connectivity index (χ1n) is 11.0. The van der Waals surface area contributed by atoms with Crippen LogP contribution >= 0.6 is 0 Å². The molecule has 0 aliphatic heterocycles. The maximum Gasteiger partial charge on any atom is 0.264 e. The SMILES string of the molecule is COc1ccc(C(C)NC(=O)c2ccc(N(C)S(=O)(=O)c3ccc(OC)c(OC)c3)cc2)cc1OC. The highest BCUT2D eigenvalue weighted by molar-refractivity contribution is 7.92. The van der Waals surface area contributed by atoms with E-state index in [2.05, 4.69) is 5.32 Å². The molecule has 1 N–H and O–H groups in total. The summed E-state index contributed by atoms with van der Waals surface area (Å²) in [5.74, 6) is 1.61. The van der Waals surface area contributed by atoms with Crippen LogP contribution < -0.4 is 28.6 Å². The van der Waals surface area contributed by atoms with Gasteiger partial charge in [-0.25, -0.2) is 8.42 Å². The quantitative estimate of drug-likeness (QED) is 0.436. The highest BCUT2D eigenvalue weighted by Crippen LogP contribution is 2.32. The first-order chi connectivity index (χ1) is 17.2. The monoisotopic (exact) mass is 514 g/mol. The second-order valence-corrected chi connectivity index (χ2v) is 9.82. The Morgan fingerprint density at radius 2 is 1.31 bits per heavy atom. The van der Waals surface area contributed by atoms with E-state index >= 15 is 0 Å². The van der Waals surface area contributed by atoms with Crippen LogP contribution in [0.4, 0.5) is 5.69 Å². The number of sulfonamides is 1. The lowest BCUT2D eigenvalue weighted by molar-refractivity contribution is 0.0940. The fourth-order valence-corrected chi connectivity index (χ4v) is 4.79. The Kier molecular flexibility index (Phi) is 8.31. The van der Waals surface area contributed by atoms with Crippen LogP contribution in [0.3, 0.4) is 0 Å². The summed E-state index contributed by atoms with van der Waals surface area (Å²) in [6.07, 6.45) is 0. The average molecular weight is 515 g/mol. The van der Waals surface area contributed by atoms with E-state index in [-0.39, 0.29) is 16.8 Å².